The first-order valence-electron chi connectivity index (χ1n) is 8.71. The van der Waals surface area contributed by atoms with Gasteiger partial charge >= 0.3 is 0 Å². The third-order valence-electron chi connectivity index (χ3n) is 4.01. The average molecular weight is 391 g/mol. The molecule has 0 spiro atoms. The van der Waals surface area contributed by atoms with E-state index in [1.165, 1.54) is 0 Å². The van der Waals surface area contributed by atoms with E-state index in [4.69, 9.17) is 4.74 Å². The number of hydrogen-bond donors (Lipinski definition) is 2. The monoisotopic (exact) mass is 390 g/mol. The average Bonchev–Trinajstić information content (AvgIpc) is 2.57. The summed E-state index contributed by atoms with van der Waals surface area (Å²) in [5.74, 6) is 0.779. The van der Waals surface area contributed by atoms with E-state index < -0.39 is 16.1 Å². The van der Waals surface area contributed by atoms with Crippen molar-refractivity contribution < 1.29 is 17.9 Å². The van der Waals surface area contributed by atoms with Gasteiger partial charge in [0, 0.05) is 11.4 Å². The van der Waals surface area contributed by atoms with E-state index in [1.807, 2.05) is 19.1 Å². The molecule has 0 saturated carbocycles. The summed E-state index contributed by atoms with van der Waals surface area (Å²) >= 11 is 0. The fourth-order valence-electron chi connectivity index (χ4n) is 2.43. The van der Waals surface area contributed by atoms with E-state index in [0.29, 0.717) is 23.0 Å². The van der Waals surface area contributed by atoms with Crippen molar-refractivity contribution in [3.8, 4) is 5.75 Å². The summed E-state index contributed by atoms with van der Waals surface area (Å²) in [6.07, 6.45) is 0.401. The maximum Gasteiger partial charge on any atom is 0.265 e. The molecule has 0 aliphatic carbocycles. The van der Waals surface area contributed by atoms with Crippen LogP contribution >= 0.6 is 0 Å². The molecule has 0 aliphatic rings. The van der Waals surface area contributed by atoms with Crippen molar-refractivity contribution in [1.29, 1.82) is 0 Å². The Morgan fingerprint density at radius 1 is 1.00 bits per heavy atom. The summed E-state index contributed by atoms with van der Waals surface area (Å²) in [6, 6.07) is 12.4. The van der Waals surface area contributed by atoms with Gasteiger partial charge in [0.1, 0.15) is 5.75 Å². The van der Waals surface area contributed by atoms with E-state index in [0.717, 1.165) is 17.4 Å². The van der Waals surface area contributed by atoms with Gasteiger partial charge in [-0.2, -0.15) is 0 Å². The van der Waals surface area contributed by atoms with Crippen molar-refractivity contribution in [1.82, 2.24) is 0 Å². The maximum absolute atomic E-state index is 12.4. The van der Waals surface area contributed by atoms with E-state index in [-0.39, 0.29) is 5.91 Å². The largest absolute Gasteiger partial charge is 0.481 e. The molecule has 27 heavy (non-hydrogen) atoms. The molecule has 2 aromatic carbocycles. The molecule has 1 amide bonds. The highest BCUT2D eigenvalue weighted by atomic mass is 32.2. The highest BCUT2D eigenvalue weighted by Gasteiger charge is 2.16. The van der Waals surface area contributed by atoms with Crippen LogP contribution < -0.4 is 14.8 Å². The van der Waals surface area contributed by atoms with Crippen molar-refractivity contribution in [3.05, 3.63) is 53.6 Å². The molecule has 0 aromatic heterocycles. The topological polar surface area (TPSA) is 84.5 Å². The zero-order valence-corrected chi connectivity index (χ0v) is 17.1. The van der Waals surface area contributed by atoms with Gasteiger partial charge in [-0.25, -0.2) is 8.42 Å². The van der Waals surface area contributed by atoms with Crippen molar-refractivity contribution in [3.63, 3.8) is 0 Å². The lowest BCUT2D eigenvalue weighted by molar-refractivity contribution is -0.122. The molecule has 6 nitrogen and oxygen atoms in total. The van der Waals surface area contributed by atoms with E-state index in [1.54, 1.807) is 31.2 Å². The van der Waals surface area contributed by atoms with Crippen molar-refractivity contribution >= 4 is 27.3 Å². The third-order valence-corrected chi connectivity index (χ3v) is 4.61. The Bertz CT molecular complexity index is 906. The van der Waals surface area contributed by atoms with Gasteiger partial charge in [-0.05, 0) is 61.2 Å². The molecular weight excluding hydrogens is 364 g/mol. The zero-order valence-electron chi connectivity index (χ0n) is 16.2. The Balaban J connectivity index is 2.02. The third kappa shape index (κ3) is 6.29. The van der Waals surface area contributed by atoms with Crippen LogP contribution in [-0.4, -0.2) is 26.7 Å². The summed E-state index contributed by atoms with van der Waals surface area (Å²) in [4.78, 5) is 12.4. The minimum atomic E-state index is -3.33. The smallest absolute Gasteiger partial charge is 0.265 e. The van der Waals surface area contributed by atoms with E-state index >= 15 is 0 Å². The summed E-state index contributed by atoms with van der Waals surface area (Å²) in [6.45, 7) is 7.84. The lowest BCUT2D eigenvalue weighted by Crippen LogP contribution is -2.30. The lowest BCUT2D eigenvalue weighted by Gasteiger charge is -2.18. The highest BCUT2D eigenvalue weighted by Crippen LogP contribution is 2.25. The molecule has 7 heteroatoms. The Hall–Kier alpha value is -2.54. The number of aryl methyl sites for hydroxylation is 1. The number of ether oxygens (including phenoxy) is 1. The molecule has 0 heterocycles. The molecule has 0 aliphatic heterocycles. The van der Waals surface area contributed by atoms with Crippen LogP contribution in [-0.2, 0) is 14.8 Å². The molecule has 2 aromatic rings. The SMILES string of the molecule is Cc1ccc(C(C)C)cc1OC(C)C(=O)Nc1ccc(NS(C)(=O)=O)cc1. The Morgan fingerprint density at radius 3 is 2.15 bits per heavy atom. The quantitative estimate of drug-likeness (QED) is 0.751. The second-order valence-electron chi connectivity index (χ2n) is 6.88. The van der Waals surface area contributed by atoms with E-state index in [2.05, 4.69) is 30.0 Å². The molecule has 0 bridgehead atoms. The summed E-state index contributed by atoms with van der Waals surface area (Å²) in [5.41, 5.74) is 3.11. The zero-order chi connectivity index (χ0) is 20.2. The normalized spacial score (nSPS) is 12.5. The Labute approximate surface area is 161 Å². The first kappa shape index (κ1) is 20.8. The molecule has 0 radical (unpaired) electrons. The molecule has 2 rings (SSSR count). The molecule has 1 unspecified atom stereocenters. The predicted molar refractivity (Wildman–Crippen MR) is 109 cm³/mol. The van der Waals surface area contributed by atoms with Crippen LogP contribution in [0.5, 0.6) is 5.75 Å². The molecule has 2 N–H and O–H groups in total. The first-order chi connectivity index (χ1) is 12.5. The Kier molecular flexibility index (Phi) is 6.49. The number of nitrogens with one attached hydrogen (secondary N) is 2. The van der Waals surface area contributed by atoms with Crippen molar-refractivity contribution in [2.75, 3.05) is 16.3 Å². The maximum atomic E-state index is 12.4. The Morgan fingerprint density at radius 2 is 1.59 bits per heavy atom. The number of carbonyl (C=O) groups excluding carboxylic acids is 1. The predicted octanol–water partition coefficient (Wildman–Crippen LogP) is 3.90. The second-order valence-corrected chi connectivity index (χ2v) is 8.63. The lowest BCUT2D eigenvalue weighted by atomic mass is 10.0. The van der Waals surface area contributed by atoms with Crippen molar-refractivity contribution in [2.45, 2.75) is 39.7 Å². The fraction of sp³-hybridized carbons (Fsp3) is 0.350. The van der Waals surface area contributed by atoms with Crippen LogP contribution in [0.2, 0.25) is 0 Å². The summed E-state index contributed by atoms with van der Waals surface area (Å²) in [5, 5.41) is 2.77. The van der Waals surface area contributed by atoms with Crippen LogP contribution in [0.15, 0.2) is 42.5 Å². The van der Waals surface area contributed by atoms with Gasteiger partial charge in [-0.3, -0.25) is 9.52 Å². The number of carbonyl (C=O) groups is 1. The first-order valence-corrected chi connectivity index (χ1v) is 10.6. The van der Waals surface area contributed by atoms with Gasteiger partial charge in [0.15, 0.2) is 6.10 Å². The van der Waals surface area contributed by atoms with Crippen molar-refractivity contribution in [2.24, 2.45) is 0 Å². The standard InChI is InChI=1S/C20H26N2O4S/c1-13(2)16-7-6-14(3)19(12-16)26-15(4)20(23)21-17-8-10-18(11-9-17)22-27(5,24)25/h6-13,15,22H,1-5H3,(H,21,23). The number of amides is 1. The molecule has 146 valence electrons. The number of anilines is 2. The van der Waals surface area contributed by atoms with Crippen LogP contribution in [0.3, 0.4) is 0 Å². The van der Waals surface area contributed by atoms with Crippen LogP contribution in [0, 0.1) is 6.92 Å². The fourth-order valence-corrected chi connectivity index (χ4v) is 2.99. The van der Waals surface area contributed by atoms with Gasteiger partial charge in [0.05, 0.1) is 6.26 Å². The van der Waals surface area contributed by atoms with Crippen LogP contribution in [0.4, 0.5) is 11.4 Å². The van der Waals surface area contributed by atoms with Gasteiger partial charge in [-0.1, -0.05) is 26.0 Å². The second kappa shape index (κ2) is 8.43. The molecule has 0 saturated heterocycles. The van der Waals surface area contributed by atoms with Gasteiger partial charge in [0.25, 0.3) is 5.91 Å². The summed E-state index contributed by atoms with van der Waals surface area (Å²) in [7, 11) is -3.33. The van der Waals surface area contributed by atoms with Crippen LogP contribution in [0.1, 0.15) is 37.8 Å². The number of benzene rings is 2. The summed E-state index contributed by atoms with van der Waals surface area (Å²) < 4.78 is 30.7. The molecule has 0 fully saturated rings. The number of sulfonamides is 1. The molecular formula is C20H26N2O4S. The molecule has 1 atom stereocenters. The highest BCUT2D eigenvalue weighted by molar-refractivity contribution is 7.92. The minimum absolute atomic E-state index is 0.284. The van der Waals surface area contributed by atoms with E-state index in [9.17, 15) is 13.2 Å². The van der Waals surface area contributed by atoms with Gasteiger partial charge < -0.3 is 10.1 Å². The number of rotatable bonds is 7. The van der Waals surface area contributed by atoms with Gasteiger partial charge in [0.2, 0.25) is 10.0 Å². The number of hydrogen-bond acceptors (Lipinski definition) is 4. The minimum Gasteiger partial charge on any atom is -0.481 e. The van der Waals surface area contributed by atoms with Crippen LogP contribution in [0.25, 0.3) is 0 Å². The van der Waals surface area contributed by atoms with Gasteiger partial charge in [-0.15, -0.1) is 0 Å².